The lowest BCUT2D eigenvalue weighted by atomic mass is 10.2. The first-order valence-electron chi connectivity index (χ1n) is 6.52. The second-order valence-electron chi connectivity index (χ2n) is 4.63. The van der Waals surface area contributed by atoms with E-state index in [1.807, 2.05) is 6.92 Å². The lowest BCUT2D eigenvalue weighted by molar-refractivity contribution is 0.0947. The molecule has 1 aliphatic rings. The fourth-order valence-electron chi connectivity index (χ4n) is 2.27. The molecule has 1 aromatic carbocycles. The van der Waals surface area contributed by atoms with Crippen LogP contribution in [0.15, 0.2) is 29.2 Å². The molecule has 1 heterocycles. The molecule has 106 valence electrons. The van der Waals surface area contributed by atoms with Gasteiger partial charge in [0.15, 0.2) is 0 Å². The van der Waals surface area contributed by atoms with Crippen LogP contribution in [0.1, 0.15) is 19.8 Å². The van der Waals surface area contributed by atoms with Crippen molar-refractivity contribution in [1.29, 1.82) is 0 Å². The average molecular weight is 284 g/mol. The number of benzene rings is 1. The van der Waals surface area contributed by atoms with Crippen molar-refractivity contribution in [1.82, 2.24) is 4.31 Å². The van der Waals surface area contributed by atoms with Gasteiger partial charge in [0.25, 0.3) is 0 Å². The Morgan fingerprint density at radius 3 is 2.74 bits per heavy atom. The molecule has 1 aliphatic heterocycles. The second kappa shape index (κ2) is 5.90. The minimum absolute atomic E-state index is 0.000313. The van der Waals surface area contributed by atoms with Crippen LogP contribution < -0.4 is 5.73 Å². The summed E-state index contributed by atoms with van der Waals surface area (Å²) < 4.78 is 32.1. The largest absolute Gasteiger partial charge is 0.398 e. The molecule has 0 aliphatic carbocycles. The Bertz CT molecular complexity index is 524. The standard InChI is InChI=1S/C13H20N2O3S/c1-2-15(10-11-6-5-9-18-11)19(16,17)13-8-4-3-7-12(13)14/h3-4,7-8,11H,2,5-6,9-10,14H2,1H3. The van der Waals surface area contributed by atoms with Crippen LogP contribution in [0.25, 0.3) is 0 Å². The van der Waals surface area contributed by atoms with E-state index in [2.05, 4.69) is 0 Å². The highest BCUT2D eigenvalue weighted by molar-refractivity contribution is 7.89. The highest BCUT2D eigenvalue weighted by atomic mass is 32.2. The van der Waals surface area contributed by atoms with Crippen LogP contribution in [0.2, 0.25) is 0 Å². The van der Waals surface area contributed by atoms with Gasteiger partial charge in [0.05, 0.1) is 11.8 Å². The molecule has 0 radical (unpaired) electrons. The minimum atomic E-state index is -3.54. The van der Waals surface area contributed by atoms with Gasteiger partial charge in [-0.3, -0.25) is 0 Å². The number of ether oxygens (including phenoxy) is 1. The number of nitrogens with two attached hydrogens (primary N) is 1. The SMILES string of the molecule is CCN(CC1CCCO1)S(=O)(=O)c1ccccc1N. The van der Waals surface area contributed by atoms with Gasteiger partial charge in [-0.1, -0.05) is 19.1 Å². The van der Waals surface area contributed by atoms with Gasteiger partial charge in [0, 0.05) is 19.7 Å². The van der Waals surface area contributed by atoms with Crippen molar-refractivity contribution in [3.8, 4) is 0 Å². The number of sulfonamides is 1. The summed E-state index contributed by atoms with van der Waals surface area (Å²) in [6.45, 7) is 3.35. The highest BCUT2D eigenvalue weighted by Gasteiger charge is 2.28. The molecular weight excluding hydrogens is 264 g/mol. The van der Waals surface area contributed by atoms with Crippen LogP contribution in [0, 0.1) is 0 Å². The average Bonchev–Trinajstić information content (AvgIpc) is 2.89. The topological polar surface area (TPSA) is 72.6 Å². The van der Waals surface area contributed by atoms with Gasteiger partial charge in [-0.15, -0.1) is 0 Å². The summed E-state index contributed by atoms with van der Waals surface area (Å²) in [7, 11) is -3.54. The van der Waals surface area contributed by atoms with Crippen molar-refractivity contribution < 1.29 is 13.2 Å². The van der Waals surface area contributed by atoms with E-state index < -0.39 is 10.0 Å². The fraction of sp³-hybridized carbons (Fsp3) is 0.538. The summed E-state index contributed by atoms with van der Waals surface area (Å²) >= 11 is 0. The van der Waals surface area contributed by atoms with Crippen LogP contribution >= 0.6 is 0 Å². The van der Waals surface area contributed by atoms with E-state index in [0.717, 1.165) is 19.4 Å². The molecule has 0 amide bonds. The molecule has 0 bridgehead atoms. The van der Waals surface area contributed by atoms with Gasteiger partial charge in [-0.05, 0) is 25.0 Å². The lowest BCUT2D eigenvalue weighted by Crippen LogP contribution is -2.37. The zero-order valence-corrected chi connectivity index (χ0v) is 11.9. The zero-order valence-electron chi connectivity index (χ0n) is 11.1. The molecule has 6 heteroatoms. The lowest BCUT2D eigenvalue weighted by Gasteiger charge is -2.24. The summed E-state index contributed by atoms with van der Waals surface area (Å²) in [5.41, 5.74) is 6.06. The van der Waals surface area contributed by atoms with Gasteiger partial charge >= 0.3 is 0 Å². The van der Waals surface area contributed by atoms with E-state index in [9.17, 15) is 8.42 Å². The molecule has 5 nitrogen and oxygen atoms in total. The molecule has 0 aromatic heterocycles. The quantitative estimate of drug-likeness (QED) is 0.831. The van der Waals surface area contributed by atoms with E-state index in [1.54, 1.807) is 24.3 Å². The first kappa shape index (κ1) is 14.3. The maximum atomic E-state index is 12.6. The number of nitrogens with zero attached hydrogens (tertiary/aromatic N) is 1. The number of hydrogen-bond acceptors (Lipinski definition) is 4. The van der Waals surface area contributed by atoms with E-state index >= 15 is 0 Å². The summed E-state index contributed by atoms with van der Waals surface area (Å²) in [4.78, 5) is 0.176. The number of hydrogen-bond donors (Lipinski definition) is 1. The molecule has 2 rings (SSSR count). The minimum Gasteiger partial charge on any atom is -0.398 e. The Balaban J connectivity index is 2.23. The number of anilines is 1. The van der Waals surface area contributed by atoms with Gasteiger partial charge in [0.2, 0.25) is 10.0 Å². The molecule has 1 saturated heterocycles. The van der Waals surface area contributed by atoms with Gasteiger partial charge < -0.3 is 10.5 Å². The van der Waals surface area contributed by atoms with E-state index in [4.69, 9.17) is 10.5 Å². The third-order valence-corrected chi connectivity index (χ3v) is 5.34. The Labute approximate surface area is 114 Å². The fourth-order valence-corrected chi connectivity index (χ4v) is 3.86. The third-order valence-electron chi connectivity index (χ3n) is 3.32. The first-order chi connectivity index (χ1) is 9.05. The van der Waals surface area contributed by atoms with Crippen molar-refractivity contribution in [3.63, 3.8) is 0 Å². The highest BCUT2D eigenvalue weighted by Crippen LogP contribution is 2.23. The summed E-state index contributed by atoms with van der Waals surface area (Å²) in [5, 5.41) is 0. The normalized spacial score (nSPS) is 20.0. The maximum Gasteiger partial charge on any atom is 0.245 e. The molecule has 1 unspecified atom stereocenters. The number of likely N-dealkylation sites (N-methyl/N-ethyl adjacent to an activating group) is 1. The van der Waals surface area contributed by atoms with Gasteiger partial charge in [-0.2, -0.15) is 4.31 Å². The summed E-state index contributed by atoms with van der Waals surface area (Å²) in [6.07, 6.45) is 1.91. The van der Waals surface area contributed by atoms with Crippen molar-refractivity contribution in [2.24, 2.45) is 0 Å². The van der Waals surface area contributed by atoms with Crippen LogP contribution in [-0.4, -0.2) is 38.5 Å². The summed E-state index contributed by atoms with van der Waals surface area (Å²) in [6, 6.07) is 6.56. The van der Waals surface area contributed by atoms with Crippen molar-refractivity contribution in [2.75, 3.05) is 25.4 Å². The van der Waals surface area contributed by atoms with Crippen LogP contribution in [-0.2, 0) is 14.8 Å². The number of para-hydroxylation sites is 1. The van der Waals surface area contributed by atoms with E-state index in [-0.39, 0.29) is 16.7 Å². The van der Waals surface area contributed by atoms with Crippen LogP contribution in [0.5, 0.6) is 0 Å². The monoisotopic (exact) mass is 284 g/mol. The Kier molecular flexibility index (Phi) is 4.44. The molecule has 1 aromatic rings. The number of nitrogen functional groups attached to an aromatic ring is 1. The van der Waals surface area contributed by atoms with E-state index in [0.29, 0.717) is 13.1 Å². The smallest absolute Gasteiger partial charge is 0.245 e. The maximum absolute atomic E-state index is 12.6. The zero-order chi connectivity index (χ0) is 13.9. The number of rotatable bonds is 5. The van der Waals surface area contributed by atoms with Crippen LogP contribution in [0.4, 0.5) is 5.69 Å². The molecule has 19 heavy (non-hydrogen) atoms. The third kappa shape index (κ3) is 3.08. The summed E-state index contributed by atoms with van der Waals surface area (Å²) in [5.74, 6) is 0. The van der Waals surface area contributed by atoms with Crippen LogP contribution in [0.3, 0.4) is 0 Å². The van der Waals surface area contributed by atoms with Gasteiger partial charge in [-0.25, -0.2) is 8.42 Å². The molecular formula is C13H20N2O3S. The van der Waals surface area contributed by atoms with Crippen molar-refractivity contribution in [2.45, 2.75) is 30.8 Å². The van der Waals surface area contributed by atoms with E-state index in [1.165, 1.54) is 4.31 Å². The van der Waals surface area contributed by atoms with Gasteiger partial charge in [0.1, 0.15) is 4.90 Å². The molecule has 1 atom stereocenters. The Hall–Kier alpha value is -1.11. The Morgan fingerprint density at radius 2 is 2.16 bits per heavy atom. The van der Waals surface area contributed by atoms with Crippen molar-refractivity contribution in [3.05, 3.63) is 24.3 Å². The first-order valence-corrected chi connectivity index (χ1v) is 7.96. The Morgan fingerprint density at radius 1 is 1.42 bits per heavy atom. The predicted molar refractivity (Wildman–Crippen MR) is 74.3 cm³/mol. The molecule has 0 saturated carbocycles. The molecule has 2 N–H and O–H groups in total. The predicted octanol–water partition coefficient (Wildman–Crippen LogP) is 1.46. The van der Waals surface area contributed by atoms with Crippen molar-refractivity contribution >= 4 is 15.7 Å². The molecule has 1 fully saturated rings. The second-order valence-corrected chi connectivity index (χ2v) is 6.53. The molecule has 0 spiro atoms.